The molecular weight excluding hydrogens is 307 g/mol. The van der Waals surface area contributed by atoms with Crippen LogP contribution in [0.2, 0.25) is 5.15 Å². The molecule has 6 heteroatoms. The van der Waals surface area contributed by atoms with E-state index >= 15 is 0 Å². The van der Waals surface area contributed by atoms with Gasteiger partial charge in [-0.3, -0.25) is 9.48 Å². The van der Waals surface area contributed by atoms with Gasteiger partial charge in [0.15, 0.2) is 11.6 Å². The maximum atomic E-state index is 13.7. The van der Waals surface area contributed by atoms with Crippen LogP contribution in [0.5, 0.6) is 5.75 Å². The van der Waals surface area contributed by atoms with Gasteiger partial charge >= 0.3 is 0 Å². The van der Waals surface area contributed by atoms with E-state index in [0.29, 0.717) is 29.4 Å². The Morgan fingerprint density at radius 2 is 2.05 bits per heavy atom. The van der Waals surface area contributed by atoms with Gasteiger partial charge in [0.25, 0.3) is 5.56 Å². The van der Waals surface area contributed by atoms with Crippen LogP contribution in [-0.2, 0) is 13.1 Å². The molecule has 1 aromatic carbocycles. The van der Waals surface area contributed by atoms with Crippen molar-refractivity contribution in [1.82, 2.24) is 9.36 Å². The number of hydrogen-bond acceptors (Lipinski definition) is 2. The Morgan fingerprint density at radius 1 is 1.32 bits per heavy atom. The lowest BCUT2D eigenvalue weighted by Crippen LogP contribution is -2.27. The summed E-state index contributed by atoms with van der Waals surface area (Å²) in [7, 11) is 0. The van der Waals surface area contributed by atoms with Crippen molar-refractivity contribution < 1.29 is 9.13 Å². The second-order valence-electron chi connectivity index (χ2n) is 5.06. The predicted molar refractivity (Wildman–Crippen MR) is 82.7 cm³/mol. The average molecular weight is 321 g/mol. The summed E-state index contributed by atoms with van der Waals surface area (Å²) in [6, 6.07) is 4.23. The van der Waals surface area contributed by atoms with Crippen LogP contribution in [0.4, 0.5) is 4.39 Å². The van der Waals surface area contributed by atoms with Crippen molar-refractivity contribution in [1.29, 1.82) is 0 Å². The maximum Gasteiger partial charge on any atom is 0.276 e. The molecule has 0 fully saturated rings. The smallest absolute Gasteiger partial charge is 0.276 e. The van der Waals surface area contributed by atoms with E-state index in [-0.39, 0.29) is 17.9 Å². The summed E-state index contributed by atoms with van der Waals surface area (Å²) in [6.07, 6.45) is 7.04. The molecule has 0 amide bonds. The molecular formula is C16H14ClFN2O2. The van der Waals surface area contributed by atoms with Gasteiger partial charge in [-0.1, -0.05) is 23.6 Å². The zero-order chi connectivity index (χ0) is 15.7. The van der Waals surface area contributed by atoms with Crippen molar-refractivity contribution in [3.63, 3.8) is 0 Å². The van der Waals surface area contributed by atoms with Crippen LogP contribution < -0.4 is 10.3 Å². The highest BCUT2D eigenvalue weighted by molar-refractivity contribution is 6.32. The van der Waals surface area contributed by atoms with E-state index in [1.165, 1.54) is 18.2 Å². The van der Waals surface area contributed by atoms with Crippen LogP contribution in [0.3, 0.4) is 0 Å². The third-order valence-corrected chi connectivity index (χ3v) is 4.08. The monoisotopic (exact) mass is 320 g/mol. The molecule has 1 aromatic heterocycles. The minimum atomic E-state index is -0.529. The highest BCUT2D eigenvalue weighted by Gasteiger charge is 2.22. The summed E-state index contributed by atoms with van der Waals surface area (Å²) in [4.78, 5) is 12.5. The average Bonchev–Trinajstić information content (AvgIpc) is 2.79. The number of nitrogens with zero attached hydrogens (tertiary/aromatic N) is 2. The fourth-order valence-corrected chi connectivity index (χ4v) is 3.02. The summed E-state index contributed by atoms with van der Waals surface area (Å²) < 4.78 is 22.3. The van der Waals surface area contributed by atoms with Gasteiger partial charge in [0.05, 0.1) is 5.56 Å². The van der Waals surface area contributed by atoms with Gasteiger partial charge in [0, 0.05) is 13.1 Å². The third-order valence-electron chi connectivity index (χ3n) is 3.69. The second kappa shape index (κ2) is 5.90. The van der Waals surface area contributed by atoms with E-state index in [2.05, 4.69) is 5.92 Å². The van der Waals surface area contributed by atoms with Crippen LogP contribution in [-0.4, -0.2) is 16.0 Å². The lowest BCUT2D eigenvalue weighted by Gasteiger charge is -2.17. The topological polar surface area (TPSA) is 36.2 Å². The fourth-order valence-electron chi connectivity index (χ4n) is 2.66. The van der Waals surface area contributed by atoms with E-state index in [4.69, 9.17) is 22.8 Å². The van der Waals surface area contributed by atoms with Gasteiger partial charge < -0.3 is 4.74 Å². The van der Waals surface area contributed by atoms with Crippen molar-refractivity contribution in [2.24, 2.45) is 0 Å². The first-order chi connectivity index (χ1) is 10.6. The van der Waals surface area contributed by atoms with Gasteiger partial charge in [0.1, 0.15) is 11.8 Å². The van der Waals surface area contributed by atoms with Crippen molar-refractivity contribution in [3.05, 3.63) is 39.5 Å². The lowest BCUT2D eigenvalue weighted by atomic mass is 10.1. The van der Waals surface area contributed by atoms with Crippen LogP contribution in [0.1, 0.15) is 12.8 Å². The summed E-state index contributed by atoms with van der Waals surface area (Å²) in [6.45, 7) is 1.30. The summed E-state index contributed by atoms with van der Waals surface area (Å²) >= 11 is 6.35. The number of ether oxygens (including phenoxy) is 1. The molecule has 2 heterocycles. The normalized spacial score (nSPS) is 13.5. The Hall–Kier alpha value is -2.19. The molecule has 0 unspecified atom stereocenters. The lowest BCUT2D eigenvalue weighted by molar-refractivity contribution is 0.348. The summed E-state index contributed by atoms with van der Waals surface area (Å²) in [5, 5.41) is 0.374. The van der Waals surface area contributed by atoms with Crippen molar-refractivity contribution >= 4 is 11.6 Å². The number of aromatic nitrogens is 2. The molecule has 1 aliphatic heterocycles. The van der Waals surface area contributed by atoms with E-state index in [1.54, 1.807) is 9.36 Å². The van der Waals surface area contributed by atoms with Gasteiger partial charge in [0.2, 0.25) is 0 Å². The first-order valence-electron chi connectivity index (χ1n) is 6.98. The Morgan fingerprint density at radius 3 is 2.73 bits per heavy atom. The predicted octanol–water partition coefficient (Wildman–Crippen LogP) is 2.92. The molecule has 0 aliphatic carbocycles. The minimum Gasteiger partial charge on any atom is -0.478 e. The third kappa shape index (κ3) is 2.40. The Kier molecular flexibility index (Phi) is 3.95. The Labute approximate surface area is 132 Å². The first kappa shape index (κ1) is 14.7. The molecule has 0 atom stereocenters. The highest BCUT2D eigenvalue weighted by Crippen LogP contribution is 2.31. The van der Waals surface area contributed by atoms with Gasteiger partial charge in [-0.15, -0.1) is 6.42 Å². The quantitative estimate of drug-likeness (QED) is 0.815. The fraction of sp³-hybridized carbons (Fsp3) is 0.312. The molecule has 22 heavy (non-hydrogen) atoms. The number of halogens is 2. The molecule has 0 saturated carbocycles. The van der Waals surface area contributed by atoms with Crippen molar-refractivity contribution in [2.75, 3.05) is 6.61 Å². The van der Waals surface area contributed by atoms with Crippen LogP contribution in [0, 0.1) is 18.2 Å². The van der Waals surface area contributed by atoms with E-state index in [0.717, 1.165) is 12.8 Å². The molecule has 114 valence electrons. The number of hydrogen-bond donors (Lipinski definition) is 0. The molecule has 0 bridgehead atoms. The van der Waals surface area contributed by atoms with Gasteiger partial charge in [-0.2, -0.15) is 0 Å². The molecule has 4 nitrogen and oxygen atoms in total. The van der Waals surface area contributed by atoms with E-state index in [9.17, 15) is 9.18 Å². The highest BCUT2D eigenvalue weighted by atomic mass is 35.5. The molecule has 2 aromatic rings. The molecule has 0 radical (unpaired) electrons. The van der Waals surface area contributed by atoms with Crippen molar-refractivity contribution in [3.8, 4) is 29.2 Å². The molecule has 1 aliphatic rings. The van der Waals surface area contributed by atoms with E-state index < -0.39 is 5.82 Å². The molecule has 3 rings (SSSR count). The maximum absolute atomic E-state index is 13.7. The van der Waals surface area contributed by atoms with Gasteiger partial charge in [-0.05, 0) is 30.5 Å². The number of fused-ring (bicyclic) bond motifs is 1. The number of terminal acetylenes is 1. The molecule has 0 spiro atoms. The molecule has 0 saturated heterocycles. The summed E-state index contributed by atoms with van der Waals surface area (Å²) in [5.41, 5.74) is 0.728. The van der Waals surface area contributed by atoms with Gasteiger partial charge in [-0.25, -0.2) is 9.07 Å². The first-order valence-corrected chi connectivity index (χ1v) is 7.36. The summed E-state index contributed by atoms with van der Waals surface area (Å²) in [5.74, 6) is 1.77. The molecule has 0 N–H and O–H groups in total. The second-order valence-corrected chi connectivity index (χ2v) is 5.42. The van der Waals surface area contributed by atoms with E-state index in [1.807, 2.05) is 0 Å². The van der Waals surface area contributed by atoms with Crippen LogP contribution in [0.25, 0.3) is 11.1 Å². The Balaban J connectivity index is 2.11. The Bertz CT molecular complexity index is 817. The largest absolute Gasteiger partial charge is 0.478 e. The van der Waals surface area contributed by atoms with Crippen LogP contribution >= 0.6 is 11.6 Å². The number of benzene rings is 1. The van der Waals surface area contributed by atoms with Crippen molar-refractivity contribution in [2.45, 2.75) is 25.9 Å². The van der Waals surface area contributed by atoms with Crippen LogP contribution in [0.15, 0.2) is 23.0 Å². The minimum absolute atomic E-state index is 0.0140. The zero-order valence-electron chi connectivity index (χ0n) is 11.8. The standard InChI is InChI=1S/C16H14ClFN2O2/c1-2-9-22-13-10-11(5-6-12(13)18)14-15(17)19-7-3-4-8-20(19)16(14)21/h1,5-6,10H,3-4,7-9H2. The zero-order valence-corrected chi connectivity index (χ0v) is 12.6. The SMILES string of the molecule is C#CCOc1cc(-c2c(Cl)n3n(c2=O)CCCC3)ccc1F. The number of rotatable bonds is 3.